The molecule has 1 N–H and O–H groups in total. The second-order valence-electron chi connectivity index (χ2n) is 9.66. The van der Waals surface area contributed by atoms with Crippen molar-refractivity contribution in [2.45, 2.75) is 61.8 Å². The van der Waals surface area contributed by atoms with Gasteiger partial charge in [0.15, 0.2) is 11.5 Å². The molecule has 1 aliphatic carbocycles. The number of fused-ring (bicyclic) bond motifs is 4. The van der Waals surface area contributed by atoms with E-state index in [-0.39, 0.29) is 17.4 Å². The number of carbonyl (C=O) groups is 1. The number of carbonyl (C=O) groups excluding carboxylic acids is 1. The number of rotatable bonds is 2. The summed E-state index contributed by atoms with van der Waals surface area (Å²) in [6.07, 6.45) is 5.04. The number of aryl methyl sites for hydroxylation is 1. The van der Waals surface area contributed by atoms with E-state index in [0.29, 0.717) is 48.9 Å². The fourth-order valence-electron chi connectivity index (χ4n) is 6.01. The first kappa shape index (κ1) is 21.0. The zero-order valence-corrected chi connectivity index (χ0v) is 19.5. The van der Waals surface area contributed by atoms with Crippen molar-refractivity contribution in [3.63, 3.8) is 0 Å². The molecule has 0 aromatic heterocycles. The molecule has 1 amide bonds. The molecule has 1 unspecified atom stereocenters. The molecule has 1 spiro atoms. The van der Waals surface area contributed by atoms with Gasteiger partial charge in [0.05, 0.1) is 4.90 Å². The molecule has 1 fully saturated rings. The molecule has 1 atom stereocenters. The zero-order chi connectivity index (χ0) is 22.8. The number of nitrogens with one attached hydrogen (secondary N) is 1. The molecule has 33 heavy (non-hydrogen) atoms. The molecule has 174 valence electrons. The lowest BCUT2D eigenvalue weighted by Crippen LogP contribution is -2.48. The minimum Gasteiger partial charge on any atom is -0.486 e. The molecule has 7 nitrogen and oxygen atoms in total. The summed E-state index contributed by atoms with van der Waals surface area (Å²) in [6.45, 7) is 3.47. The summed E-state index contributed by atoms with van der Waals surface area (Å²) in [5.74, 6) is 1.44. The molecule has 0 radical (unpaired) electrons. The minimum atomic E-state index is -3.74. The summed E-state index contributed by atoms with van der Waals surface area (Å²) < 4.78 is 41.3. The highest BCUT2D eigenvalue weighted by Gasteiger charge is 2.48. The van der Waals surface area contributed by atoms with Crippen LogP contribution in [0, 0.1) is 0 Å². The molecule has 4 aliphatic rings. The normalized spacial score (nSPS) is 23.7. The van der Waals surface area contributed by atoms with E-state index >= 15 is 0 Å². The Balaban J connectivity index is 1.44. The Labute approximate surface area is 194 Å². The van der Waals surface area contributed by atoms with Gasteiger partial charge in [-0.3, -0.25) is 4.79 Å². The summed E-state index contributed by atoms with van der Waals surface area (Å²) in [6, 6.07) is 8.86. The number of nitrogens with zero attached hydrogens (tertiary/aromatic N) is 1. The first-order valence-corrected chi connectivity index (χ1v) is 13.2. The number of amides is 1. The van der Waals surface area contributed by atoms with Gasteiger partial charge in [0, 0.05) is 30.1 Å². The third-order valence-corrected chi connectivity index (χ3v) is 9.68. The number of hydrogen-bond acceptors (Lipinski definition) is 5. The van der Waals surface area contributed by atoms with Crippen molar-refractivity contribution >= 4 is 21.6 Å². The smallest absolute Gasteiger partial charge is 0.243 e. The van der Waals surface area contributed by atoms with Crippen molar-refractivity contribution in [2.75, 3.05) is 25.1 Å². The topological polar surface area (TPSA) is 84.9 Å². The van der Waals surface area contributed by atoms with Gasteiger partial charge < -0.3 is 14.8 Å². The van der Waals surface area contributed by atoms with Gasteiger partial charge in [-0.1, -0.05) is 12.8 Å². The van der Waals surface area contributed by atoms with E-state index in [1.54, 1.807) is 22.5 Å². The van der Waals surface area contributed by atoms with Gasteiger partial charge in [-0.2, -0.15) is 4.31 Å². The van der Waals surface area contributed by atoms with Crippen LogP contribution in [0.2, 0.25) is 0 Å². The molecular weight excluding hydrogens is 440 g/mol. The van der Waals surface area contributed by atoms with Crippen molar-refractivity contribution < 1.29 is 22.7 Å². The van der Waals surface area contributed by atoms with Crippen LogP contribution in [-0.4, -0.2) is 38.4 Å². The van der Waals surface area contributed by atoms with Crippen LogP contribution in [0.4, 0.5) is 5.69 Å². The van der Waals surface area contributed by atoms with Crippen LogP contribution in [0.5, 0.6) is 11.5 Å². The molecule has 8 heteroatoms. The summed E-state index contributed by atoms with van der Waals surface area (Å²) in [4.78, 5) is 12.0. The Bertz CT molecular complexity index is 1250. The van der Waals surface area contributed by atoms with Gasteiger partial charge in [0.1, 0.15) is 13.2 Å². The summed E-state index contributed by atoms with van der Waals surface area (Å²) in [5, 5.41) is 2.84. The van der Waals surface area contributed by atoms with Gasteiger partial charge in [-0.25, -0.2) is 8.42 Å². The first-order chi connectivity index (χ1) is 15.9. The quantitative estimate of drug-likeness (QED) is 0.722. The molecule has 3 aliphatic heterocycles. The molecule has 3 heterocycles. The maximum atomic E-state index is 14.0. The standard InChI is InChI=1S/C25H28N2O5S/c1-16-19-13-22-23(32-11-10-31-22)14-20(19)25(8-2-3-9-25)15-27(16)33(29,30)18-5-6-21-17(12-18)4-7-24(28)26-21/h5-6,12-14,16H,2-4,7-11,15H2,1H3,(H,26,28). The number of sulfonamides is 1. The van der Waals surface area contributed by atoms with E-state index in [1.807, 2.05) is 13.0 Å². The van der Waals surface area contributed by atoms with Crippen LogP contribution >= 0.6 is 0 Å². The fraction of sp³-hybridized carbons (Fsp3) is 0.480. The highest BCUT2D eigenvalue weighted by Crippen LogP contribution is 2.53. The van der Waals surface area contributed by atoms with Crippen molar-refractivity contribution in [1.29, 1.82) is 0 Å². The largest absolute Gasteiger partial charge is 0.486 e. The van der Waals surface area contributed by atoms with Crippen molar-refractivity contribution in [3.05, 3.63) is 47.0 Å². The van der Waals surface area contributed by atoms with Gasteiger partial charge in [-0.05, 0) is 73.2 Å². The predicted molar refractivity (Wildman–Crippen MR) is 123 cm³/mol. The van der Waals surface area contributed by atoms with Crippen LogP contribution in [0.25, 0.3) is 0 Å². The Morgan fingerprint density at radius 3 is 2.52 bits per heavy atom. The molecule has 0 bridgehead atoms. The third-order valence-electron chi connectivity index (χ3n) is 7.77. The Kier molecular flexibility index (Phi) is 4.75. The molecule has 0 saturated heterocycles. The van der Waals surface area contributed by atoms with Crippen molar-refractivity contribution in [1.82, 2.24) is 4.31 Å². The second kappa shape index (κ2) is 7.46. The summed E-state index contributed by atoms with van der Waals surface area (Å²) in [7, 11) is -3.74. The lowest BCUT2D eigenvalue weighted by atomic mass is 9.72. The number of hydrogen-bond donors (Lipinski definition) is 1. The van der Waals surface area contributed by atoms with E-state index in [4.69, 9.17) is 9.47 Å². The van der Waals surface area contributed by atoms with Gasteiger partial charge in [0.25, 0.3) is 0 Å². The summed E-state index contributed by atoms with van der Waals surface area (Å²) in [5.41, 5.74) is 3.61. The van der Waals surface area contributed by atoms with Crippen LogP contribution in [0.1, 0.15) is 61.8 Å². The van der Waals surface area contributed by atoms with E-state index in [1.165, 1.54) is 5.56 Å². The number of anilines is 1. The fourth-order valence-corrected chi connectivity index (χ4v) is 7.76. The monoisotopic (exact) mass is 468 g/mol. The van der Waals surface area contributed by atoms with Gasteiger partial charge in [0.2, 0.25) is 15.9 Å². The zero-order valence-electron chi connectivity index (χ0n) is 18.7. The van der Waals surface area contributed by atoms with E-state index in [2.05, 4.69) is 11.4 Å². The first-order valence-electron chi connectivity index (χ1n) is 11.8. The van der Waals surface area contributed by atoms with Crippen molar-refractivity contribution in [3.8, 4) is 11.5 Å². The lowest BCUT2D eigenvalue weighted by molar-refractivity contribution is -0.116. The maximum Gasteiger partial charge on any atom is 0.243 e. The SMILES string of the molecule is CC1c2cc3c(cc2C2(CCCC2)CN1S(=O)(=O)c1ccc2c(c1)CCC(=O)N2)OCCO3. The molecule has 2 aromatic rings. The average molecular weight is 469 g/mol. The number of benzene rings is 2. The van der Waals surface area contributed by atoms with E-state index in [0.717, 1.165) is 42.6 Å². The average Bonchev–Trinajstić information content (AvgIpc) is 3.29. The van der Waals surface area contributed by atoms with Crippen LogP contribution < -0.4 is 14.8 Å². The minimum absolute atomic E-state index is 0.0305. The van der Waals surface area contributed by atoms with Crippen molar-refractivity contribution in [2.24, 2.45) is 0 Å². The molecular formula is C25H28N2O5S. The Morgan fingerprint density at radius 2 is 1.76 bits per heavy atom. The molecule has 6 rings (SSSR count). The van der Waals surface area contributed by atoms with Crippen LogP contribution in [-0.2, 0) is 26.7 Å². The van der Waals surface area contributed by atoms with Crippen LogP contribution in [0.15, 0.2) is 35.2 Å². The highest BCUT2D eigenvalue weighted by atomic mass is 32.2. The van der Waals surface area contributed by atoms with E-state index in [9.17, 15) is 13.2 Å². The van der Waals surface area contributed by atoms with E-state index < -0.39 is 10.0 Å². The Morgan fingerprint density at radius 1 is 1.03 bits per heavy atom. The van der Waals surface area contributed by atoms with Crippen LogP contribution in [0.3, 0.4) is 0 Å². The Hall–Kier alpha value is -2.58. The second-order valence-corrected chi connectivity index (χ2v) is 11.6. The number of ether oxygens (including phenoxy) is 2. The highest BCUT2D eigenvalue weighted by molar-refractivity contribution is 7.89. The lowest BCUT2D eigenvalue weighted by Gasteiger charge is -2.45. The maximum absolute atomic E-state index is 14.0. The molecule has 1 saturated carbocycles. The van der Waals surface area contributed by atoms with Gasteiger partial charge >= 0.3 is 0 Å². The van der Waals surface area contributed by atoms with Gasteiger partial charge in [-0.15, -0.1) is 0 Å². The predicted octanol–water partition coefficient (Wildman–Crippen LogP) is 3.92. The molecule has 2 aromatic carbocycles. The summed E-state index contributed by atoms with van der Waals surface area (Å²) >= 11 is 0. The third kappa shape index (κ3) is 3.26.